The summed E-state index contributed by atoms with van der Waals surface area (Å²) in [6, 6.07) is 5.81. The second-order valence-corrected chi connectivity index (χ2v) is 6.48. The number of rotatable bonds is 2. The van der Waals surface area contributed by atoms with Crippen molar-refractivity contribution in [1.29, 1.82) is 0 Å². The van der Waals surface area contributed by atoms with E-state index in [0.717, 1.165) is 16.0 Å². The van der Waals surface area contributed by atoms with Gasteiger partial charge in [0.2, 0.25) is 0 Å². The molecule has 0 amide bonds. The number of hydrogen-bond donors (Lipinski definition) is 1. The first-order chi connectivity index (χ1) is 9.01. The molecule has 0 aliphatic heterocycles. The molecule has 0 fully saturated rings. The van der Waals surface area contributed by atoms with E-state index in [2.05, 4.69) is 28.4 Å². The van der Waals surface area contributed by atoms with E-state index in [0.29, 0.717) is 9.79 Å². The zero-order valence-electron chi connectivity index (χ0n) is 10.5. The van der Waals surface area contributed by atoms with Crippen molar-refractivity contribution in [1.82, 2.24) is 14.5 Å². The van der Waals surface area contributed by atoms with E-state index in [1.807, 2.05) is 29.8 Å². The van der Waals surface area contributed by atoms with Crippen molar-refractivity contribution in [3.63, 3.8) is 0 Å². The predicted molar refractivity (Wildman–Crippen MR) is 82.7 cm³/mol. The molecule has 0 aliphatic carbocycles. The summed E-state index contributed by atoms with van der Waals surface area (Å²) in [6.07, 6.45) is 1.81. The van der Waals surface area contributed by atoms with Gasteiger partial charge in [-0.15, -0.1) is 11.3 Å². The Hall–Kier alpha value is -1.17. The number of benzene rings is 1. The fourth-order valence-electron chi connectivity index (χ4n) is 2.27. The maximum absolute atomic E-state index is 6.21. The molecule has 0 unspecified atom stereocenters. The Balaban J connectivity index is 2.35. The molecule has 3 nitrogen and oxygen atoms in total. The number of nitrogens with one attached hydrogen (secondary N) is 1. The maximum Gasteiger partial charge on any atom is 0.178 e. The van der Waals surface area contributed by atoms with Crippen LogP contribution in [-0.2, 0) is 5.54 Å². The quantitative estimate of drug-likeness (QED) is 0.702. The molecule has 0 bridgehead atoms. The number of nitrogens with zero attached hydrogens (tertiary/aromatic N) is 2. The average Bonchev–Trinajstić information content (AvgIpc) is 2.96. The zero-order valence-corrected chi connectivity index (χ0v) is 12.9. The molecule has 0 saturated heterocycles. The van der Waals surface area contributed by atoms with Gasteiger partial charge in [0.1, 0.15) is 5.01 Å². The molecule has 19 heavy (non-hydrogen) atoms. The molecule has 1 N–H and O–H groups in total. The van der Waals surface area contributed by atoms with Crippen LogP contribution in [0.4, 0.5) is 0 Å². The number of H-pyrrole nitrogens is 1. The van der Waals surface area contributed by atoms with Gasteiger partial charge in [0, 0.05) is 11.6 Å². The molecule has 6 heteroatoms. The van der Waals surface area contributed by atoms with E-state index in [4.69, 9.17) is 23.8 Å². The molecule has 2 aromatic heterocycles. The number of para-hydroxylation sites is 1. The van der Waals surface area contributed by atoms with Crippen LogP contribution in [0.25, 0.3) is 11.0 Å². The highest BCUT2D eigenvalue weighted by Crippen LogP contribution is 2.33. The number of thiazole rings is 1. The van der Waals surface area contributed by atoms with Crippen LogP contribution < -0.4 is 0 Å². The van der Waals surface area contributed by atoms with E-state index in [9.17, 15) is 0 Å². The second-order valence-electron chi connectivity index (χ2n) is 4.80. The Morgan fingerprint density at radius 2 is 2.21 bits per heavy atom. The van der Waals surface area contributed by atoms with Gasteiger partial charge in [0.05, 0.1) is 21.6 Å². The van der Waals surface area contributed by atoms with Crippen LogP contribution in [0.3, 0.4) is 0 Å². The Morgan fingerprint density at radius 3 is 2.89 bits per heavy atom. The summed E-state index contributed by atoms with van der Waals surface area (Å²) in [6.45, 7) is 4.21. The van der Waals surface area contributed by atoms with Crippen molar-refractivity contribution < 1.29 is 0 Å². The van der Waals surface area contributed by atoms with E-state index >= 15 is 0 Å². The van der Waals surface area contributed by atoms with Crippen LogP contribution in [0.2, 0.25) is 5.02 Å². The van der Waals surface area contributed by atoms with Crippen LogP contribution in [0.5, 0.6) is 0 Å². The minimum Gasteiger partial charge on any atom is -0.329 e. The standard InChI is InChI=1S/C13H12ClN3S2/c1-13(2,11-15-6-7-19-11)17-9-5-3-4-8(14)10(9)16-12(17)18/h3-7H,1-2H3,(H,16,18). The Bertz CT molecular complexity index is 784. The van der Waals surface area contributed by atoms with Crippen LogP contribution >= 0.6 is 35.2 Å². The van der Waals surface area contributed by atoms with Crippen LogP contribution in [-0.4, -0.2) is 14.5 Å². The van der Waals surface area contributed by atoms with Gasteiger partial charge < -0.3 is 9.55 Å². The second kappa shape index (κ2) is 4.44. The van der Waals surface area contributed by atoms with Crippen molar-refractivity contribution in [2.24, 2.45) is 0 Å². The van der Waals surface area contributed by atoms with Crippen LogP contribution in [0.15, 0.2) is 29.8 Å². The molecular weight excluding hydrogens is 298 g/mol. The number of fused-ring (bicyclic) bond motifs is 1. The summed E-state index contributed by atoms with van der Waals surface area (Å²) in [4.78, 5) is 7.60. The molecule has 98 valence electrons. The third-order valence-corrected chi connectivity index (χ3v) is 4.87. The van der Waals surface area contributed by atoms with Crippen molar-refractivity contribution in [3.05, 3.63) is 44.6 Å². The summed E-state index contributed by atoms with van der Waals surface area (Å²) >= 11 is 13.3. The van der Waals surface area contributed by atoms with Gasteiger partial charge in [-0.05, 0) is 38.2 Å². The van der Waals surface area contributed by atoms with Gasteiger partial charge in [-0.1, -0.05) is 17.7 Å². The van der Waals surface area contributed by atoms with Crippen molar-refractivity contribution in [2.75, 3.05) is 0 Å². The highest BCUT2D eigenvalue weighted by Gasteiger charge is 2.28. The van der Waals surface area contributed by atoms with Crippen molar-refractivity contribution >= 4 is 46.2 Å². The van der Waals surface area contributed by atoms with E-state index in [-0.39, 0.29) is 5.54 Å². The van der Waals surface area contributed by atoms with Crippen molar-refractivity contribution in [2.45, 2.75) is 19.4 Å². The highest BCUT2D eigenvalue weighted by molar-refractivity contribution is 7.71. The summed E-state index contributed by atoms with van der Waals surface area (Å²) in [7, 11) is 0. The van der Waals surface area contributed by atoms with Crippen LogP contribution in [0, 0.1) is 4.77 Å². The third kappa shape index (κ3) is 1.93. The summed E-state index contributed by atoms with van der Waals surface area (Å²) < 4.78 is 2.73. The largest absolute Gasteiger partial charge is 0.329 e. The maximum atomic E-state index is 6.21. The van der Waals surface area contributed by atoms with Crippen LogP contribution in [0.1, 0.15) is 18.9 Å². The number of aromatic nitrogens is 3. The van der Waals surface area contributed by atoms with Gasteiger partial charge in [-0.25, -0.2) is 4.98 Å². The fraction of sp³-hybridized carbons (Fsp3) is 0.231. The third-order valence-electron chi connectivity index (χ3n) is 3.18. The molecule has 0 saturated carbocycles. The molecule has 0 atom stereocenters. The number of aromatic amines is 1. The summed E-state index contributed by atoms with van der Waals surface area (Å²) in [5, 5.41) is 3.67. The van der Waals surface area contributed by atoms with E-state index < -0.39 is 0 Å². The Morgan fingerprint density at radius 1 is 1.42 bits per heavy atom. The summed E-state index contributed by atoms with van der Waals surface area (Å²) in [5.41, 5.74) is 1.56. The average molecular weight is 310 g/mol. The lowest BCUT2D eigenvalue weighted by molar-refractivity contribution is 0.441. The SMILES string of the molecule is CC(C)(c1nccs1)n1c(=S)[nH]c2c(Cl)cccc21. The monoisotopic (exact) mass is 309 g/mol. The fourth-order valence-corrected chi connectivity index (χ4v) is 3.67. The molecule has 3 rings (SSSR count). The lowest BCUT2D eigenvalue weighted by Crippen LogP contribution is -2.27. The molecule has 2 heterocycles. The molecule has 0 aliphatic rings. The topological polar surface area (TPSA) is 33.6 Å². The number of imidazole rings is 1. The van der Waals surface area contributed by atoms with Gasteiger partial charge >= 0.3 is 0 Å². The normalized spacial score (nSPS) is 12.2. The first kappa shape index (κ1) is 12.8. The lowest BCUT2D eigenvalue weighted by Gasteiger charge is -2.25. The first-order valence-corrected chi connectivity index (χ1v) is 7.48. The zero-order chi connectivity index (χ0) is 13.6. The van der Waals surface area contributed by atoms with E-state index in [1.54, 1.807) is 11.3 Å². The minimum absolute atomic E-state index is 0.311. The van der Waals surface area contributed by atoms with Gasteiger partial charge in [-0.2, -0.15) is 0 Å². The minimum atomic E-state index is -0.311. The lowest BCUT2D eigenvalue weighted by atomic mass is 10.1. The number of hydrogen-bond acceptors (Lipinski definition) is 3. The van der Waals surface area contributed by atoms with Crippen molar-refractivity contribution in [3.8, 4) is 0 Å². The Kier molecular flexibility index (Phi) is 3.00. The highest BCUT2D eigenvalue weighted by atomic mass is 35.5. The molecule has 0 spiro atoms. The van der Waals surface area contributed by atoms with Gasteiger partial charge in [-0.3, -0.25) is 0 Å². The summed E-state index contributed by atoms with van der Waals surface area (Å²) in [5.74, 6) is 0. The first-order valence-electron chi connectivity index (χ1n) is 5.81. The van der Waals surface area contributed by atoms with Gasteiger partial charge in [0.25, 0.3) is 0 Å². The van der Waals surface area contributed by atoms with E-state index in [1.165, 1.54) is 0 Å². The predicted octanol–water partition coefficient (Wildman–Crippen LogP) is 4.59. The number of halogens is 1. The van der Waals surface area contributed by atoms with Gasteiger partial charge in [0.15, 0.2) is 4.77 Å². The Labute approximate surface area is 124 Å². The molecule has 3 aromatic rings. The molecular formula is C13H12ClN3S2. The molecule has 1 aromatic carbocycles. The smallest absolute Gasteiger partial charge is 0.178 e. The molecule has 0 radical (unpaired) electrons.